The number of nitrogens with zero attached hydrogens (tertiary/aromatic N) is 2. The van der Waals surface area contributed by atoms with Gasteiger partial charge in [-0.15, -0.1) is 11.3 Å². The number of nitrogen functional groups attached to an aromatic ring is 1. The van der Waals surface area contributed by atoms with E-state index in [1.807, 2.05) is 30.3 Å². The lowest BCUT2D eigenvalue weighted by Crippen LogP contribution is -1.99. The molecule has 3 rings (SSSR count). The number of hydrogen-bond donors (Lipinski definition) is 2. The molecule has 0 bridgehead atoms. The zero-order chi connectivity index (χ0) is 17.6. The van der Waals surface area contributed by atoms with Crippen LogP contribution in [0, 0.1) is 0 Å². The number of rotatable bonds is 6. The highest BCUT2D eigenvalue weighted by Crippen LogP contribution is 2.24. The molecule has 3 aromatic rings. The van der Waals surface area contributed by atoms with E-state index >= 15 is 0 Å². The monoisotopic (exact) mass is 392 g/mol. The highest BCUT2D eigenvalue weighted by atomic mass is 35.5. The summed E-state index contributed by atoms with van der Waals surface area (Å²) < 4.78 is 5.87. The van der Waals surface area contributed by atoms with E-state index in [9.17, 15) is 0 Å². The Morgan fingerprint density at radius 2 is 2.04 bits per heavy atom. The van der Waals surface area contributed by atoms with E-state index in [1.165, 1.54) is 11.3 Å². The van der Waals surface area contributed by atoms with Crippen molar-refractivity contribution in [1.29, 1.82) is 0 Å². The van der Waals surface area contributed by atoms with Gasteiger partial charge in [0, 0.05) is 10.9 Å². The van der Waals surface area contributed by atoms with E-state index in [0.717, 1.165) is 11.1 Å². The molecule has 0 saturated heterocycles. The molecule has 0 aliphatic heterocycles. The van der Waals surface area contributed by atoms with E-state index in [-0.39, 0.29) is 0 Å². The highest BCUT2D eigenvalue weighted by molar-refractivity contribution is 7.14. The molecule has 0 saturated carbocycles. The van der Waals surface area contributed by atoms with Gasteiger partial charge in [-0.05, 0) is 29.8 Å². The zero-order valence-corrected chi connectivity index (χ0v) is 15.3. The zero-order valence-electron chi connectivity index (χ0n) is 12.9. The van der Waals surface area contributed by atoms with Crippen LogP contribution in [0.1, 0.15) is 11.1 Å². The number of nitrogens with one attached hydrogen (secondary N) is 1. The summed E-state index contributed by atoms with van der Waals surface area (Å²) in [6.07, 6.45) is 1.67. The standard InChI is InChI=1S/C17H14Cl2N4OS/c18-13-6-5-11(7-14(13)19)9-24-15-4-2-1-3-12(15)8-21-23-17-22-16(20)10-25-17/h1-8,10H,9,20H2,(H,22,23). The number of nitrogens with two attached hydrogens (primary N) is 1. The molecule has 5 nitrogen and oxygen atoms in total. The summed E-state index contributed by atoms with van der Waals surface area (Å²) >= 11 is 13.3. The molecule has 0 unspecified atom stereocenters. The van der Waals surface area contributed by atoms with Gasteiger partial charge in [-0.1, -0.05) is 41.4 Å². The summed E-state index contributed by atoms with van der Waals surface area (Å²) in [4.78, 5) is 4.07. The molecule has 0 amide bonds. The second-order valence-corrected chi connectivity index (χ2v) is 6.69. The quantitative estimate of drug-likeness (QED) is 0.454. The lowest BCUT2D eigenvalue weighted by Gasteiger charge is -2.09. The maximum atomic E-state index is 6.02. The molecular formula is C17H14Cl2N4OS. The van der Waals surface area contributed by atoms with Gasteiger partial charge in [-0.2, -0.15) is 5.10 Å². The molecule has 1 heterocycles. The predicted molar refractivity (Wildman–Crippen MR) is 105 cm³/mol. The maximum absolute atomic E-state index is 6.02. The van der Waals surface area contributed by atoms with Gasteiger partial charge < -0.3 is 10.5 Å². The summed E-state index contributed by atoms with van der Waals surface area (Å²) in [6.45, 7) is 0.373. The Kier molecular flexibility index (Phi) is 5.75. The van der Waals surface area contributed by atoms with Gasteiger partial charge in [0.2, 0.25) is 5.13 Å². The van der Waals surface area contributed by atoms with Crippen molar-refractivity contribution in [2.75, 3.05) is 11.2 Å². The van der Waals surface area contributed by atoms with Crippen LogP contribution in [0.4, 0.5) is 10.9 Å². The van der Waals surface area contributed by atoms with Crippen LogP contribution < -0.4 is 15.9 Å². The van der Waals surface area contributed by atoms with Gasteiger partial charge in [0.1, 0.15) is 18.2 Å². The SMILES string of the molecule is Nc1csc(NN=Cc2ccccc2OCc2ccc(Cl)c(Cl)c2)n1. The summed E-state index contributed by atoms with van der Waals surface area (Å²) in [6, 6.07) is 13.0. The van der Waals surface area contributed by atoms with Crippen molar-refractivity contribution < 1.29 is 4.74 Å². The summed E-state index contributed by atoms with van der Waals surface area (Å²) in [5, 5.41) is 7.56. The van der Waals surface area contributed by atoms with Gasteiger partial charge in [0.05, 0.1) is 16.3 Å². The van der Waals surface area contributed by atoms with E-state index < -0.39 is 0 Å². The molecule has 3 N–H and O–H groups in total. The van der Waals surface area contributed by atoms with Crippen LogP contribution in [0.2, 0.25) is 10.0 Å². The molecule has 0 spiro atoms. The van der Waals surface area contributed by atoms with Crippen molar-refractivity contribution >= 4 is 51.7 Å². The fraction of sp³-hybridized carbons (Fsp3) is 0.0588. The molecule has 0 aliphatic carbocycles. The van der Waals surface area contributed by atoms with Crippen molar-refractivity contribution in [2.24, 2.45) is 5.10 Å². The topological polar surface area (TPSA) is 72.5 Å². The molecule has 0 atom stereocenters. The van der Waals surface area contributed by atoms with Gasteiger partial charge in [-0.3, -0.25) is 5.43 Å². The molecule has 0 aliphatic rings. The third kappa shape index (κ3) is 4.85. The number of halogens is 2. The van der Waals surface area contributed by atoms with Crippen molar-refractivity contribution in [2.45, 2.75) is 6.61 Å². The maximum Gasteiger partial charge on any atom is 0.205 e. The minimum Gasteiger partial charge on any atom is -0.488 e. The Labute approximate surface area is 159 Å². The molecule has 128 valence electrons. The average Bonchev–Trinajstić information content (AvgIpc) is 3.02. The largest absolute Gasteiger partial charge is 0.488 e. The number of hydrogen-bond acceptors (Lipinski definition) is 6. The Morgan fingerprint density at radius 3 is 2.80 bits per heavy atom. The molecule has 0 radical (unpaired) electrons. The number of para-hydroxylation sites is 1. The van der Waals surface area contributed by atoms with E-state index in [0.29, 0.717) is 33.4 Å². The van der Waals surface area contributed by atoms with Crippen molar-refractivity contribution in [3.8, 4) is 5.75 Å². The minimum absolute atomic E-state index is 0.373. The molecule has 1 aromatic heterocycles. The minimum atomic E-state index is 0.373. The second kappa shape index (κ2) is 8.20. The smallest absolute Gasteiger partial charge is 0.205 e. The normalized spacial score (nSPS) is 11.0. The summed E-state index contributed by atoms with van der Waals surface area (Å²) in [5.41, 5.74) is 10.2. The predicted octanol–water partition coefficient (Wildman–Crippen LogP) is 5.06. The van der Waals surface area contributed by atoms with Crippen molar-refractivity contribution in [3.63, 3.8) is 0 Å². The first-order valence-electron chi connectivity index (χ1n) is 7.27. The van der Waals surface area contributed by atoms with Crippen LogP contribution in [0.15, 0.2) is 52.9 Å². The summed E-state index contributed by atoms with van der Waals surface area (Å²) in [7, 11) is 0. The number of ether oxygens (including phenoxy) is 1. The highest BCUT2D eigenvalue weighted by Gasteiger charge is 2.04. The molecule has 2 aromatic carbocycles. The van der Waals surface area contributed by atoms with Crippen LogP contribution in [-0.4, -0.2) is 11.2 Å². The number of benzene rings is 2. The first kappa shape index (κ1) is 17.5. The second-order valence-electron chi connectivity index (χ2n) is 5.02. The van der Waals surface area contributed by atoms with Crippen LogP contribution in [-0.2, 0) is 6.61 Å². The Balaban J connectivity index is 1.66. The fourth-order valence-corrected chi connectivity index (χ4v) is 2.87. The van der Waals surface area contributed by atoms with Crippen molar-refractivity contribution in [1.82, 2.24) is 4.98 Å². The molecule has 8 heteroatoms. The van der Waals surface area contributed by atoms with Crippen LogP contribution in [0.25, 0.3) is 0 Å². The average molecular weight is 393 g/mol. The van der Waals surface area contributed by atoms with Gasteiger partial charge in [-0.25, -0.2) is 4.98 Å². The number of hydrazone groups is 1. The fourth-order valence-electron chi connectivity index (χ4n) is 2.00. The first-order chi connectivity index (χ1) is 12.1. The lowest BCUT2D eigenvalue weighted by molar-refractivity contribution is 0.306. The number of aromatic nitrogens is 1. The molecule has 25 heavy (non-hydrogen) atoms. The Hall–Kier alpha value is -2.28. The third-order valence-corrected chi connectivity index (χ3v) is 4.69. The Bertz CT molecular complexity index is 898. The first-order valence-corrected chi connectivity index (χ1v) is 8.91. The lowest BCUT2D eigenvalue weighted by atomic mass is 10.2. The van der Waals surface area contributed by atoms with E-state index in [2.05, 4.69) is 15.5 Å². The van der Waals surface area contributed by atoms with Crippen molar-refractivity contribution in [3.05, 3.63) is 69.0 Å². The van der Waals surface area contributed by atoms with E-state index in [1.54, 1.807) is 23.7 Å². The molecule has 0 fully saturated rings. The summed E-state index contributed by atoms with van der Waals surface area (Å²) in [5.74, 6) is 1.17. The third-order valence-electron chi connectivity index (χ3n) is 3.18. The number of thiazole rings is 1. The van der Waals surface area contributed by atoms with Gasteiger partial charge >= 0.3 is 0 Å². The van der Waals surface area contributed by atoms with Gasteiger partial charge in [0.15, 0.2) is 0 Å². The van der Waals surface area contributed by atoms with Crippen LogP contribution in [0.3, 0.4) is 0 Å². The van der Waals surface area contributed by atoms with E-state index in [4.69, 9.17) is 33.7 Å². The number of anilines is 2. The molecular weight excluding hydrogens is 379 g/mol. The van der Waals surface area contributed by atoms with Crippen LogP contribution in [0.5, 0.6) is 5.75 Å². The van der Waals surface area contributed by atoms with Crippen LogP contribution >= 0.6 is 34.5 Å². The van der Waals surface area contributed by atoms with Gasteiger partial charge in [0.25, 0.3) is 0 Å². The Morgan fingerprint density at radius 1 is 1.20 bits per heavy atom.